The highest BCUT2D eigenvalue weighted by Gasteiger charge is 2.63. The fraction of sp³-hybridized carbons (Fsp3) is 0.407. The summed E-state index contributed by atoms with van der Waals surface area (Å²) in [5.41, 5.74) is 13.7. The summed E-state index contributed by atoms with van der Waals surface area (Å²) in [6, 6.07) is 40.0. The molecule has 7 aromatic carbocycles. The Morgan fingerprint density at radius 1 is 0.222 bits per heavy atom. The first-order chi connectivity index (χ1) is 68.7. The van der Waals surface area contributed by atoms with Crippen LogP contribution >= 0.6 is 0 Å². The van der Waals surface area contributed by atoms with E-state index in [0.29, 0.717) is 37.7 Å². The molecular formula is C108H90O36. The highest BCUT2D eigenvalue weighted by atomic mass is 16.6. The van der Waals surface area contributed by atoms with Crippen LogP contribution in [-0.4, -0.2) is 143 Å². The number of aryl methyl sites for hydroxylation is 5. The van der Waals surface area contributed by atoms with Gasteiger partial charge in [-0.25, -0.2) is 0 Å². The molecule has 0 saturated carbocycles. The van der Waals surface area contributed by atoms with Gasteiger partial charge in [0.25, 0.3) is 0 Å². The summed E-state index contributed by atoms with van der Waals surface area (Å²) in [4.78, 5) is 286. The molecule has 24 unspecified atom stereocenters. The summed E-state index contributed by atoms with van der Waals surface area (Å²) in [5.74, 6) is -25.7. The molecule has 12 aliphatic heterocycles. The van der Waals surface area contributed by atoms with Crippen molar-refractivity contribution in [3.63, 3.8) is 0 Å². The third-order valence-electron chi connectivity index (χ3n) is 32.1. The van der Waals surface area contributed by atoms with Crippen LogP contribution in [0.5, 0.6) is 0 Å². The molecule has 18 aliphatic rings. The predicted molar refractivity (Wildman–Crippen MR) is 477 cm³/mol. The van der Waals surface area contributed by atoms with Crippen molar-refractivity contribution in [1.82, 2.24) is 0 Å². The molecule has 0 amide bonds. The molecule has 25 rings (SSSR count). The van der Waals surface area contributed by atoms with Gasteiger partial charge in [0.2, 0.25) is 0 Å². The van der Waals surface area contributed by atoms with Gasteiger partial charge < -0.3 is 56.8 Å². The van der Waals surface area contributed by atoms with E-state index in [-0.39, 0.29) is 74.5 Å². The first-order valence-corrected chi connectivity index (χ1v) is 47.8. The molecule has 0 bridgehead atoms. The van der Waals surface area contributed by atoms with Gasteiger partial charge in [0, 0.05) is 5.41 Å². The molecule has 6 aliphatic carbocycles. The fourth-order valence-corrected chi connectivity index (χ4v) is 25.2. The summed E-state index contributed by atoms with van der Waals surface area (Å²) in [5, 5.41) is 1.92. The van der Waals surface area contributed by atoms with Crippen LogP contribution in [-0.2, 0) is 190 Å². The molecule has 0 aromatic heterocycles. The first kappa shape index (κ1) is 96.0. The van der Waals surface area contributed by atoms with Crippen LogP contribution in [0.1, 0.15) is 257 Å². The van der Waals surface area contributed by atoms with Crippen molar-refractivity contribution in [3.05, 3.63) is 222 Å². The minimum absolute atomic E-state index is 0.00382. The highest BCUT2D eigenvalue weighted by Crippen LogP contribution is 2.60. The van der Waals surface area contributed by atoms with Gasteiger partial charge in [0.05, 0.1) is 145 Å². The zero-order chi connectivity index (χ0) is 102. The molecule has 12 fully saturated rings. The Balaban J connectivity index is 0.000000105. The molecule has 36 nitrogen and oxygen atoms in total. The van der Waals surface area contributed by atoms with E-state index in [1.165, 1.54) is 0 Å². The number of rotatable bonds is 8. The lowest BCUT2D eigenvalue weighted by Gasteiger charge is -2.42. The second-order valence-corrected chi connectivity index (χ2v) is 40.2. The molecule has 12 heterocycles. The van der Waals surface area contributed by atoms with Crippen molar-refractivity contribution < 1.29 is 172 Å². The Hall–Kier alpha value is -15.5. The van der Waals surface area contributed by atoms with Crippen LogP contribution < -0.4 is 0 Å². The Kier molecular flexibility index (Phi) is 24.5. The molecule has 144 heavy (non-hydrogen) atoms. The minimum Gasteiger partial charge on any atom is -0.393 e. The van der Waals surface area contributed by atoms with Crippen molar-refractivity contribution in [3.8, 4) is 0 Å². The predicted octanol–water partition coefficient (Wildman–Crippen LogP) is 9.66. The number of esters is 24. The Bertz CT molecular complexity index is 7020. The third-order valence-corrected chi connectivity index (χ3v) is 32.1. The van der Waals surface area contributed by atoms with Gasteiger partial charge in [-0.05, 0) is 196 Å². The van der Waals surface area contributed by atoms with Crippen LogP contribution in [0.25, 0.3) is 10.8 Å². The number of hydrogen-bond acceptors (Lipinski definition) is 36. The highest BCUT2D eigenvalue weighted by molar-refractivity contribution is 6.08. The van der Waals surface area contributed by atoms with Gasteiger partial charge in [0.15, 0.2) is 0 Å². The van der Waals surface area contributed by atoms with Crippen molar-refractivity contribution in [2.75, 3.05) is 0 Å². The molecular weight excluding hydrogens is 1870 g/mol. The number of fused-ring (bicyclic) bond motifs is 19. The molecule has 12 saturated heterocycles. The van der Waals surface area contributed by atoms with Gasteiger partial charge in [0.1, 0.15) is 0 Å². The second-order valence-electron chi connectivity index (χ2n) is 40.2. The normalized spacial score (nSPS) is 32.1. The zero-order valence-corrected chi connectivity index (χ0v) is 78.0. The summed E-state index contributed by atoms with van der Waals surface area (Å²) in [6.45, 7) is 11.6. The summed E-state index contributed by atoms with van der Waals surface area (Å²) in [6.07, 6.45) is 3.50. The number of ether oxygens (including phenoxy) is 12. The van der Waals surface area contributed by atoms with Gasteiger partial charge in [-0.2, -0.15) is 0 Å². The summed E-state index contributed by atoms with van der Waals surface area (Å²) < 4.78 is 57.1. The van der Waals surface area contributed by atoms with Crippen LogP contribution in [0.3, 0.4) is 0 Å². The molecule has 0 N–H and O–H groups in total. The molecule has 0 radical (unpaired) electrons. The lowest BCUT2D eigenvalue weighted by molar-refractivity contribution is -0.156. The van der Waals surface area contributed by atoms with Crippen molar-refractivity contribution in [2.24, 2.45) is 71.0 Å². The smallest absolute Gasteiger partial charge is 0.321 e. The molecule has 24 atom stereocenters. The Labute approximate surface area is 816 Å². The number of carbonyl (C=O) groups excluding carboxylic acids is 24. The molecule has 738 valence electrons. The van der Waals surface area contributed by atoms with Crippen molar-refractivity contribution >= 4 is 154 Å². The van der Waals surface area contributed by atoms with Crippen LogP contribution in [0.15, 0.2) is 127 Å². The van der Waals surface area contributed by atoms with Crippen molar-refractivity contribution in [2.45, 2.75) is 202 Å². The maximum absolute atomic E-state index is 12.3. The van der Waals surface area contributed by atoms with E-state index in [1.54, 1.807) is 0 Å². The third kappa shape index (κ3) is 16.7. The average Bonchev–Trinajstić information content (AvgIpc) is 1.57. The summed E-state index contributed by atoms with van der Waals surface area (Å²) >= 11 is 0. The van der Waals surface area contributed by atoms with Gasteiger partial charge in [-0.1, -0.05) is 159 Å². The Morgan fingerprint density at radius 3 is 0.819 bits per heavy atom. The largest absolute Gasteiger partial charge is 0.393 e. The standard InChI is InChI=1S/C20H14O6.3C18H16O6.2C17H14O6/c21-16-8-14(18(22)25-16)12-7-15-17(20(24)26-19(15)23)13-6-10-4-2-1-3-9(10)5-11(12)13;1-8-3-4-11-9(5-8)14-10(15(20)24-17(14)22)7-18(11,2)12-6-13(19)23-16(12)21;1-2-8-3-4-9-10(12-7-14(19)23-16(12)20)6-13-15(11(9)5-8)18(22)24-17(13)21;1-2-8-3-4-9-10(5-8)11(12-7-14(19)23-16(12)20)6-13-15(9)18(22)24-17(13)21;1-7-2-3-8-9(11-6-13(18)22-15(11)19)5-12-14(10(8)4-7)17(21)23-16(12)20;1-7-2-3-8-9(4-7)10(11-6-13(18)22-15(11)19)5-12-14(8)17(21)23-16(12)20/h1-6,12,14-15,17H,7-8H2;3-5,10,12,14H,6-7H2,1-2H3;3-5,10,12-13,15H,2,6-7H2,1H3;3-5,11-13,15H,2,6-7H2,1H3;2-4,9,11-12,14H,5-6H2,1H3;2-4,10-12,14H,5-6H2,1H3. The van der Waals surface area contributed by atoms with E-state index in [0.717, 1.165) is 113 Å². The number of carbonyl (C=O) groups is 24. The molecule has 36 heteroatoms. The van der Waals surface area contributed by atoms with E-state index >= 15 is 0 Å². The van der Waals surface area contributed by atoms with Gasteiger partial charge in [-0.15, -0.1) is 0 Å². The van der Waals surface area contributed by atoms with E-state index < -0.39 is 255 Å². The minimum atomic E-state index is -0.753. The summed E-state index contributed by atoms with van der Waals surface area (Å²) in [7, 11) is 0. The zero-order valence-electron chi connectivity index (χ0n) is 78.0. The first-order valence-electron chi connectivity index (χ1n) is 47.8. The van der Waals surface area contributed by atoms with E-state index in [1.807, 2.05) is 169 Å². The molecule has 0 spiro atoms. The van der Waals surface area contributed by atoms with Crippen LogP contribution in [0.4, 0.5) is 0 Å². The average molecular weight is 1960 g/mol. The SMILES string of the molecule is CCc1ccc2c(c1)C(C1CC(=O)OC1=O)CC1C(=O)OC(=O)C21.CCc1ccc2c(c1)C1C(=O)OC(=O)C1CC2C1CC(=O)OC1=O.Cc1ccc2c(c1)C(C1CC(=O)OC1=O)CC1C(=O)OC(=O)C21.Cc1ccc2c(c1)C1C(=O)OC(=O)C1CC2(C)C1CC(=O)OC1=O.Cc1ccc2c(c1)C1C(=O)OC(=O)C1CC2C1CC(=O)OC1=O.O=C1CC(C2CC3C(=O)OC(=O)C3c3cc4ccccc4cc32)C(=O)O1. The molecule has 7 aromatic rings. The Morgan fingerprint density at radius 2 is 0.472 bits per heavy atom. The quantitative estimate of drug-likeness (QED) is 0.0775. The second kappa shape index (κ2) is 36.8. The van der Waals surface area contributed by atoms with Gasteiger partial charge in [-0.3, -0.25) is 115 Å². The fourth-order valence-electron chi connectivity index (χ4n) is 25.2. The monoisotopic (exact) mass is 1960 g/mol. The maximum atomic E-state index is 12.3. The van der Waals surface area contributed by atoms with Crippen LogP contribution in [0.2, 0.25) is 0 Å². The van der Waals surface area contributed by atoms with E-state index in [4.69, 9.17) is 42.6 Å². The lowest BCUT2D eigenvalue weighted by atomic mass is 9.58. The van der Waals surface area contributed by atoms with E-state index in [2.05, 4.69) is 14.2 Å². The number of hydrogen-bond donors (Lipinski definition) is 0. The number of benzene rings is 7. The topological polar surface area (TPSA) is 520 Å². The van der Waals surface area contributed by atoms with Gasteiger partial charge >= 0.3 is 143 Å². The van der Waals surface area contributed by atoms with Crippen molar-refractivity contribution in [1.29, 1.82) is 0 Å². The van der Waals surface area contributed by atoms with E-state index in [9.17, 15) is 115 Å². The number of cyclic esters (lactones) is 24. The van der Waals surface area contributed by atoms with Crippen LogP contribution in [0, 0.1) is 91.8 Å². The maximum Gasteiger partial charge on any atom is 0.321 e. The lowest BCUT2D eigenvalue weighted by Crippen LogP contribution is -2.43.